The van der Waals surface area contributed by atoms with Gasteiger partial charge in [0.25, 0.3) is 0 Å². The normalized spacial score (nSPS) is 10.6. The molecule has 2 heterocycles. The van der Waals surface area contributed by atoms with E-state index >= 15 is 0 Å². The van der Waals surface area contributed by atoms with Crippen molar-refractivity contribution in [2.45, 2.75) is 0 Å². The number of benzene rings is 2. The van der Waals surface area contributed by atoms with Crippen molar-refractivity contribution in [2.24, 2.45) is 0 Å². The van der Waals surface area contributed by atoms with Crippen molar-refractivity contribution in [2.75, 3.05) is 0 Å². The fraction of sp³-hybridized carbons (Fsp3) is 0. The van der Waals surface area contributed by atoms with Crippen molar-refractivity contribution in [3.05, 3.63) is 94.4 Å². The van der Waals surface area contributed by atoms with Gasteiger partial charge in [-0.1, -0.05) is 72.0 Å². The summed E-state index contributed by atoms with van der Waals surface area (Å²) >= 11 is 1.13. The van der Waals surface area contributed by atoms with Crippen molar-refractivity contribution in [3.63, 3.8) is 0 Å². The third-order valence-corrected chi connectivity index (χ3v) is 4.84. The first kappa shape index (κ1) is 16.1. The van der Waals surface area contributed by atoms with Crippen LogP contribution in [0.5, 0.6) is 0 Å². The number of thiazole rings is 1. The van der Waals surface area contributed by atoms with E-state index in [2.05, 4.69) is 9.97 Å². The molecule has 0 atom stereocenters. The molecule has 0 aliphatic rings. The number of hydrogen-bond donors (Lipinski definition) is 1. The summed E-state index contributed by atoms with van der Waals surface area (Å²) in [6.45, 7) is 0. The van der Waals surface area contributed by atoms with E-state index in [1.54, 1.807) is 35.2 Å². The van der Waals surface area contributed by atoms with Crippen LogP contribution in [0.2, 0.25) is 0 Å². The Morgan fingerprint density at radius 1 is 0.885 bits per heavy atom. The molecular weight excluding hydrogens is 344 g/mol. The molecule has 0 bridgehead atoms. The molecule has 0 fully saturated rings. The van der Waals surface area contributed by atoms with Gasteiger partial charge in [-0.15, -0.1) is 0 Å². The number of nitrogens with zero attached hydrogens (tertiary/aromatic N) is 3. The van der Waals surface area contributed by atoms with Gasteiger partial charge in [0.15, 0.2) is 4.80 Å². The summed E-state index contributed by atoms with van der Waals surface area (Å²) in [5.41, 5.74) is 2.07. The SMILES string of the molecule is N=c1sc(C(=O)c2ccccc2)c(-c2ccccc2)n1-c1ncccn1. The lowest BCUT2D eigenvalue weighted by atomic mass is 10.0. The quantitative estimate of drug-likeness (QED) is 0.565. The van der Waals surface area contributed by atoms with Gasteiger partial charge in [-0.05, 0) is 6.07 Å². The van der Waals surface area contributed by atoms with E-state index in [4.69, 9.17) is 5.41 Å². The lowest BCUT2D eigenvalue weighted by Crippen LogP contribution is -2.15. The minimum atomic E-state index is -0.113. The molecule has 2 aromatic carbocycles. The highest BCUT2D eigenvalue weighted by molar-refractivity contribution is 7.12. The second kappa shape index (κ2) is 6.85. The maximum absolute atomic E-state index is 13.1. The third kappa shape index (κ3) is 2.87. The van der Waals surface area contributed by atoms with Crippen LogP contribution < -0.4 is 4.80 Å². The molecule has 0 aliphatic heterocycles. The summed E-state index contributed by atoms with van der Waals surface area (Å²) in [5.74, 6) is 0.261. The van der Waals surface area contributed by atoms with Crippen molar-refractivity contribution in [1.29, 1.82) is 5.41 Å². The van der Waals surface area contributed by atoms with Gasteiger partial charge in [-0.2, -0.15) is 0 Å². The first-order valence-electron chi connectivity index (χ1n) is 7.98. The Labute approximate surface area is 153 Å². The highest BCUT2D eigenvalue weighted by Gasteiger charge is 2.23. The summed E-state index contributed by atoms with van der Waals surface area (Å²) in [4.78, 5) is 22.4. The number of aromatic nitrogens is 3. The molecule has 1 N–H and O–H groups in total. The fourth-order valence-corrected chi connectivity index (χ4v) is 3.70. The maximum atomic E-state index is 13.1. The monoisotopic (exact) mass is 358 g/mol. The summed E-state index contributed by atoms with van der Waals surface area (Å²) in [6.07, 6.45) is 3.25. The summed E-state index contributed by atoms with van der Waals surface area (Å²) < 4.78 is 1.62. The van der Waals surface area contributed by atoms with E-state index in [-0.39, 0.29) is 10.6 Å². The van der Waals surface area contributed by atoms with E-state index in [0.29, 0.717) is 22.1 Å². The van der Waals surface area contributed by atoms with Crippen molar-refractivity contribution in [1.82, 2.24) is 14.5 Å². The van der Waals surface area contributed by atoms with Crippen LogP contribution in [0.15, 0.2) is 79.1 Å². The predicted molar refractivity (Wildman–Crippen MR) is 100 cm³/mol. The fourth-order valence-electron chi connectivity index (χ4n) is 2.72. The number of carbonyl (C=O) groups is 1. The molecule has 4 rings (SSSR count). The molecule has 26 heavy (non-hydrogen) atoms. The van der Waals surface area contributed by atoms with Gasteiger partial charge in [-0.3, -0.25) is 14.8 Å². The molecule has 6 heteroatoms. The first-order valence-corrected chi connectivity index (χ1v) is 8.80. The van der Waals surface area contributed by atoms with Crippen molar-refractivity contribution in [3.8, 4) is 17.2 Å². The molecule has 0 unspecified atom stereocenters. The number of ketones is 1. The molecule has 126 valence electrons. The average Bonchev–Trinajstić information content (AvgIpc) is 3.06. The Morgan fingerprint density at radius 3 is 2.15 bits per heavy atom. The molecular formula is C20H14N4OS. The van der Waals surface area contributed by atoms with Gasteiger partial charge in [0.1, 0.15) is 4.88 Å². The molecule has 4 aromatic rings. The molecule has 0 saturated heterocycles. The average molecular weight is 358 g/mol. The Kier molecular flexibility index (Phi) is 4.25. The largest absolute Gasteiger partial charge is 0.288 e. The standard InChI is InChI=1S/C20H14N4OS/c21-19-24(20-22-12-7-13-23-20)16(14-8-3-1-4-9-14)18(26-19)17(25)15-10-5-2-6-11-15/h1-13,21H. The molecule has 0 radical (unpaired) electrons. The van der Waals surface area contributed by atoms with Gasteiger partial charge in [-0.25, -0.2) is 9.97 Å². The zero-order valence-electron chi connectivity index (χ0n) is 13.7. The lowest BCUT2D eigenvalue weighted by molar-refractivity contribution is 0.104. The second-order valence-electron chi connectivity index (χ2n) is 5.53. The number of hydrogen-bond acceptors (Lipinski definition) is 5. The minimum absolute atomic E-state index is 0.113. The van der Waals surface area contributed by atoms with Crippen LogP contribution in [0, 0.1) is 5.41 Å². The number of carbonyl (C=O) groups excluding carboxylic acids is 1. The zero-order chi connectivity index (χ0) is 17.9. The Balaban J connectivity index is 1.99. The van der Waals surface area contributed by atoms with Gasteiger partial charge < -0.3 is 0 Å². The van der Waals surface area contributed by atoms with Crippen LogP contribution in [0.4, 0.5) is 0 Å². The van der Waals surface area contributed by atoms with Crippen molar-refractivity contribution >= 4 is 17.1 Å². The van der Waals surface area contributed by atoms with Gasteiger partial charge >= 0.3 is 0 Å². The zero-order valence-corrected chi connectivity index (χ0v) is 14.5. The molecule has 2 aromatic heterocycles. The number of nitrogens with one attached hydrogen (secondary N) is 1. The summed E-state index contributed by atoms with van der Waals surface area (Å²) in [5, 5.41) is 8.42. The minimum Gasteiger partial charge on any atom is -0.288 e. The molecule has 0 aliphatic carbocycles. The Bertz CT molecular complexity index is 1100. The topological polar surface area (TPSA) is 71.6 Å². The van der Waals surface area contributed by atoms with Crippen LogP contribution in [0.25, 0.3) is 17.2 Å². The van der Waals surface area contributed by atoms with Crippen LogP contribution in [-0.4, -0.2) is 20.3 Å². The molecule has 0 saturated carbocycles. The van der Waals surface area contributed by atoms with E-state index in [0.717, 1.165) is 16.9 Å². The third-order valence-electron chi connectivity index (χ3n) is 3.88. The molecule has 0 amide bonds. The highest BCUT2D eigenvalue weighted by Crippen LogP contribution is 2.29. The second-order valence-corrected chi connectivity index (χ2v) is 6.53. The highest BCUT2D eigenvalue weighted by atomic mass is 32.1. The summed E-state index contributed by atoms with van der Waals surface area (Å²) in [6, 6.07) is 20.4. The van der Waals surface area contributed by atoms with E-state index in [1.165, 1.54) is 0 Å². The first-order chi connectivity index (χ1) is 12.8. The van der Waals surface area contributed by atoms with Gasteiger partial charge in [0, 0.05) is 23.5 Å². The smallest absolute Gasteiger partial charge is 0.236 e. The van der Waals surface area contributed by atoms with Gasteiger partial charge in [0.2, 0.25) is 11.7 Å². The lowest BCUT2D eigenvalue weighted by Gasteiger charge is -2.09. The van der Waals surface area contributed by atoms with E-state index in [1.807, 2.05) is 48.5 Å². The maximum Gasteiger partial charge on any atom is 0.236 e. The van der Waals surface area contributed by atoms with Crippen LogP contribution in [0.3, 0.4) is 0 Å². The molecule has 5 nitrogen and oxygen atoms in total. The van der Waals surface area contributed by atoms with E-state index < -0.39 is 0 Å². The number of rotatable bonds is 4. The van der Waals surface area contributed by atoms with Crippen molar-refractivity contribution < 1.29 is 4.79 Å². The Morgan fingerprint density at radius 2 is 1.50 bits per heavy atom. The van der Waals surface area contributed by atoms with E-state index in [9.17, 15) is 4.79 Å². The van der Waals surface area contributed by atoms with Crippen LogP contribution in [-0.2, 0) is 0 Å². The van der Waals surface area contributed by atoms with Crippen LogP contribution in [0.1, 0.15) is 15.2 Å². The van der Waals surface area contributed by atoms with Gasteiger partial charge in [0.05, 0.1) is 5.69 Å². The van der Waals surface area contributed by atoms with Crippen LogP contribution >= 0.6 is 11.3 Å². The molecule has 0 spiro atoms. The predicted octanol–water partition coefficient (Wildman–Crippen LogP) is 3.71. The Hall–Kier alpha value is -3.38. The summed E-state index contributed by atoms with van der Waals surface area (Å²) in [7, 11) is 0.